The van der Waals surface area contributed by atoms with E-state index in [2.05, 4.69) is 9.88 Å². The van der Waals surface area contributed by atoms with Crippen LogP contribution in [-0.2, 0) is 6.18 Å². The SMILES string of the molecule is COc1cc(-c2cccc(C(F)(F)F)c2)cnc1C(=O)N1CCC(N2CCCC2)CC1. The fourth-order valence-electron chi connectivity index (χ4n) is 4.48. The van der Waals surface area contributed by atoms with Crippen LogP contribution in [-0.4, -0.2) is 60.0 Å². The van der Waals surface area contributed by atoms with Crippen LogP contribution in [0.2, 0.25) is 0 Å². The molecule has 2 saturated heterocycles. The summed E-state index contributed by atoms with van der Waals surface area (Å²) in [6.45, 7) is 3.62. The summed E-state index contributed by atoms with van der Waals surface area (Å²) in [4.78, 5) is 21.7. The van der Waals surface area contributed by atoms with Crippen LogP contribution in [0.25, 0.3) is 11.1 Å². The van der Waals surface area contributed by atoms with E-state index in [1.807, 2.05) is 0 Å². The molecule has 5 nitrogen and oxygen atoms in total. The Morgan fingerprint density at radius 3 is 2.42 bits per heavy atom. The number of ether oxygens (including phenoxy) is 1. The van der Waals surface area contributed by atoms with Gasteiger partial charge in [0.2, 0.25) is 0 Å². The minimum Gasteiger partial charge on any atom is -0.494 e. The molecular weight excluding hydrogens is 407 g/mol. The smallest absolute Gasteiger partial charge is 0.416 e. The zero-order valence-electron chi connectivity index (χ0n) is 17.5. The number of hydrogen-bond acceptors (Lipinski definition) is 4. The molecule has 166 valence electrons. The highest BCUT2D eigenvalue weighted by Gasteiger charge is 2.32. The highest BCUT2D eigenvalue weighted by molar-refractivity contribution is 5.95. The van der Waals surface area contributed by atoms with Crippen LogP contribution in [0.1, 0.15) is 41.7 Å². The molecule has 2 aliphatic rings. The van der Waals surface area contributed by atoms with Gasteiger partial charge in [-0.05, 0) is 62.5 Å². The molecule has 0 radical (unpaired) electrons. The van der Waals surface area contributed by atoms with Crippen LogP contribution in [0.15, 0.2) is 36.5 Å². The van der Waals surface area contributed by atoms with Crippen molar-refractivity contribution in [3.8, 4) is 16.9 Å². The number of amides is 1. The van der Waals surface area contributed by atoms with E-state index in [0.717, 1.165) is 38.1 Å². The second kappa shape index (κ2) is 8.86. The average Bonchev–Trinajstić information content (AvgIpc) is 3.33. The number of halogens is 3. The highest BCUT2D eigenvalue weighted by Crippen LogP contribution is 2.33. The highest BCUT2D eigenvalue weighted by atomic mass is 19.4. The molecule has 4 rings (SSSR count). The number of likely N-dealkylation sites (tertiary alicyclic amines) is 2. The van der Waals surface area contributed by atoms with Crippen molar-refractivity contribution in [2.45, 2.75) is 37.9 Å². The maximum atomic E-state index is 13.1. The van der Waals surface area contributed by atoms with Crippen LogP contribution in [0.4, 0.5) is 13.2 Å². The molecule has 0 bridgehead atoms. The van der Waals surface area contributed by atoms with Crippen LogP contribution in [0.5, 0.6) is 5.75 Å². The van der Waals surface area contributed by atoms with Gasteiger partial charge in [-0.2, -0.15) is 13.2 Å². The van der Waals surface area contributed by atoms with Crippen molar-refractivity contribution >= 4 is 5.91 Å². The number of pyridine rings is 1. The molecule has 2 aliphatic heterocycles. The second-order valence-corrected chi connectivity index (χ2v) is 8.12. The Kier molecular flexibility index (Phi) is 6.18. The molecule has 3 heterocycles. The monoisotopic (exact) mass is 433 g/mol. The van der Waals surface area contributed by atoms with Gasteiger partial charge in [-0.15, -0.1) is 0 Å². The van der Waals surface area contributed by atoms with E-state index in [-0.39, 0.29) is 17.4 Å². The standard InChI is InChI=1S/C23H26F3N3O2/c1-31-20-14-17(16-5-4-6-18(13-16)23(24,25)26)15-27-21(20)22(30)29-11-7-19(8-12-29)28-9-2-3-10-28/h4-6,13-15,19H,2-3,7-12H2,1H3. The van der Waals surface area contributed by atoms with E-state index < -0.39 is 11.7 Å². The summed E-state index contributed by atoms with van der Waals surface area (Å²) in [5.74, 6) is 0.0638. The van der Waals surface area contributed by atoms with Gasteiger partial charge in [0.25, 0.3) is 5.91 Å². The third-order valence-electron chi connectivity index (χ3n) is 6.21. The topological polar surface area (TPSA) is 45.7 Å². The largest absolute Gasteiger partial charge is 0.494 e. The molecule has 31 heavy (non-hydrogen) atoms. The van der Waals surface area contributed by atoms with Crippen LogP contribution >= 0.6 is 0 Å². The summed E-state index contributed by atoms with van der Waals surface area (Å²) < 4.78 is 44.5. The zero-order valence-corrected chi connectivity index (χ0v) is 17.5. The first-order chi connectivity index (χ1) is 14.9. The number of aromatic nitrogens is 1. The molecule has 1 amide bonds. The minimum absolute atomic E-state index is 0.192. The van der Waals surface area contributed by atoms with Gasteiger partial charge in [0, 0.05) is 30.9 Å². The quantitative estimate of drug-likeness (QED) is 0.714. The molecule has 0 unspecified atom stereocenters. The lowest BCUT2D eigenvalue weighted by atomic mass is 10.0. The molecule has 1 aromatic heterocycles. The number of methoxy groups -OCH3 is 1. The Morgan fingerprint density at radius 1 is 1.06 bits per heavy atom. The van der Waals surface area contributed by atoms with E-state index >= 15 is 0 Å². The van der Waals surface area contributed by atoms with Crippen molar-refractivity contribution in [1.29, 1.82) is 0 Å². The summed E-state index contributed by atoms with van der Waals surface area (Å²) in [6.07, 6.45) is 1.39. The number of hydrogen-bond donors (Lipinski definition) is 0. The van der Waals surface area contributed by atoms with Gasteiger partial charge in [0.15, 0.2) is 11.4 Å². The third kappa shape index (κ3) is 4.69. The Balaban J connectivity index is 1.50. The first-order valence-electron chi connectivity index (χ1n) is 10.6. The van der Waals surface area contributed by atoms with Gasteiger partial charge in [-0.25, -0.2) is 4.98 Å². The summed E-state index contributed by atoms with van der Waals surface area (Å²) >= 11 is 0. The molecule has 0 atom stereocenters. The van der Waals surface area contributed by atoms with Gasteiger partial charge >= 0.3 is 6.18 Å². The first kappa shape index (κ1) is 21.6. The number of piperidine rings is 1. The Labute approximate surface area is 179 Å². The average molecular weight is 433 g/mol. The predicted molar refractivity (Wildman–Crippen MR) is 111 cm³/mol. The molecule has 0 saturated carbocycles. The summed E-state index contributed by atoms with van der Waals surface area (Å²) in [5.41, 5.74) is 0.293. The maximum Gasteiger partial charge on any atom is 0.416 e. The van der Waals surface area contributed by atoms with Crippen LogP contribution < -0.4 is 4.74 Å². The fourth-order valence-corrected chi connectivity index (χ4v) is 4.48. The number of carbonyl (C=O) groups excluding carboxylic acids is 1. The van der Waals surface area contributed by atoms with Crippen molar-refractivity contribution in [2.24, 2.45) is 0 Å². The number of benzene rings is 1. The van der Waals surface area contributed by atoms with E-state index in [0.29, 0.717) is 30.3 Å². The molecule has 0 N–H and O–H groups in total. The molecule has 1 aromatic carbocycles. The van der Waals surface area contributed by atoms with Gasteiger partial charge < -0.3 is 14.5 Å². The van der Waals surface area contributed by atoms with Crippen molar-refractivity contribution in [2.75, 3.05) is 33.3 Å². The van der Waals surface area contributed by atoms with Crippen molar-refractivity contribution in [3.05, 3.63) is 47.8 Å². The first-order valence-corrected chi connectivity index (χ1v) is 10.6. The predicted octanol–water partition coefficient (Wildman–Crippen LogP) is 4.48. The van der Waals surface area contributed by atoms with Crippen LogP contribution in [0, 0.1) is 0 Å². The summed E-state index contributed by atoms with van der Waals surface area (Å²) in [6, 6.07) is 7.14. The lowest BCUT2D eigenvalue weighted by molar-refractivity contribution is -0.137. The number of rotatable bonds is 4. The van der Waals surface area contributed by atoms with Crippen molar-refractivity contribution in [3.63, 3.8) is 0 Å². The van der Waals surface area contributed by atoms with E-state index in [1.54, 1.807) is 17.0 Å². The number of carbonyl (C=O) groups is 1. The molecule has 0 aliphatic carbocycles. The van der Waals surface area contributed by atoms with Gasteiger partial charge in [0.05, 0.1) is 12.7 Å². The zero-order chi connectivity index (χ0) is 22.0. The van der Waals surface area contributed by atoms with E-state index in [9.17, 15) is 18.0 Å². The second-order valence-electron chi connectivity index (χ2n) is 8.12. The van der Waals surface area contributed by atoms with Crippen molar-refractivity contribution in [1.82, 2.24) is 14.8 Å². The minimum atomic E-state index is -4.43. The van der Waals surface area contributed by atoms with Crippen LogP contribution in [0.3, 0.4) is 0 Å². The lowest BCUT2D eigenvalue weighted by Gasteiger charge is -2.36. The molecule has 2 aromatic rings. The Bertz CT molecular complexity index is 934. The fraction of sp³-hybridized carbons (Fsp3) is 0.478. The number of alkyl halides is 3. The summed E-state index contributed by atoms with van der Waals surface area (Å²) in [5, 5.41) is 0. The normalized spacial score (nSPS) is 18.4. The van der Waals surface area contributed by atoms with Crippen molar-refractivity contribution < 1.29 is 22.7 Å². The maximum absolute atomic E-state index is 13.1. The third-order valence-corrected chi connectivity index (χ3v) is 6.21. The van der Waals surface area contributed by atoms with Gasteiger partial charge in [-0.3, -0.25) is 4.79 Å². The van der Waals surface area contributed by atoms with E-state index in [1.165, 1.54) is 32.2 Å². The van der Waals surface area contributed by atoms with E-state index in [4.69, 9.17) is 4.74 Å². The van der Waals surface area contributed by atoms with Gasteiger partial charge in [-0.1, -0.05) is 12.1 Å². The molecular formula is C23H26F3N3O2. The molecule has 0 spiro atoms. The summed E-state index contributed by atoms with van der Waals surface area (Å²) in [7, 11) is 1.43. The Morgan fingerprint density at radius 2 is 1.77 bits per heavy atom. The number of nitrogens with zero attached hydrogens (tertiary/aromatic N) is 3. The lowest BCUT2D eigenvalue weighted by Crippen LogP contribution is -2.46. The molecule has 2 fully saturated rings. The Hall–Kier alpha value is -2.61. The molecule has 8 heteroatoms. The van der Waals surface area contributed by atoms with Gasteiger partial charge in [0.1, 0.15) is 0 Å².